The molecular weight excluding hydrogens is 228 g/mol. The number of fused-ring (bicyclic) bond motifs is 1. The number of hydrogen-bond acceptors (Lipinski definition) is 3. The zero-order valence-electron chi connectivity index (χ0n) is 10.7. The van der Waals surface area contributed by atoms with Crippen LogP contribution in [0.3, 0.4) is 0 Å². The molecule has 1 aromatic heterocycles. The smallest absolute Gasteiger partial charge is 0.267 e. The molecule has 4 heteroatoms. The van der Waals surface area contributed by atoms with E-state index in [0.29, 0.717) is 11.3 Å². The van der Waals surface area contributed by atoms with Crippen LogP contribution in [-0.2, 0) is 0 Å². The molecule has 0 saturated heterocycles. The molecule has 2 rings (SSSR count). The van der Waals surface area contributed by atoms with Gasteiger partial charge < -0.3 is 10.5 Å². The number of hydrogen-bond donors (Lipinski definition) is 1. The fourth-order valence-corrected chi connectivity index (χ4v) is 1.87. The molecule has 1 amide bonds. The molecule has 94 valence electrons. The molecule has 2 N–H and O–H groups in total. The summed E-state index contributed by atoms with van der Waals surface area (Å²) >= 11 is 0. The van der Waals surface area contributed by atoms with Crippen molar-refractivity contribution in [3.8, 4) is 5.75 Å². The molecule has 0 fully saturated rings. The lowest BCUT2D eigenvalue weighted by Crippen LogP contribution is -2.14. The summed E-state index contributed by atoms with van der Waals surface area (Å²) in [4.78, 5) is 15.5. The number of nitrogens with two attached hydrogens (primary N) is 1. The highest BCUT2D eigenvalue weighted by Gasteiger charge is 2.11. The number of pyridine rings is 1. The number of carbonyl (C=O) groups excluding carboxylic acids is 1. The summed E-state index contributed by atoms with van der Waals surface area (Å²) in [7, 11) is 0. The van der Waals surface area contributed by atoms with Crippen molar-refractivity contribution >= 4 is 16.8 Å². The molecule has 0 bridgehead atoms. The van der Waals surface area contributed by atoms with E-state index in [-0.39, 0.29) is 11.8 Å². The van der Waals surface area contributed by atoms with Gasteiger partial charge in [-0.15, -0.1) is 0 Å². The number of rotatable bonds is 3. The highest BCUT2D eigenvalue weighted by molar-refractivity contribution is 5.96. The van der Waals surface area contributed by atoms with Crippen LogP contribution >= 0.6 is 0 Å². The zero-order chi connectivity index (χ0) is 13.3. The Morgan fingerprint density at radius 2 is 2.11 bits per heavy atom. The maximum Gasteiger partial charge on any atom is 0.267 e. The van der Waals surface area contributed by atoms with E-state index < -0.39 is 5.91 Å². The number of nitrogens with zero attached hydrogens (tertiary/aromatic N) is 1. The van der Waals surface area contributed by atoms with E-state index >= 15 is 0 Å². The first-order valence-electron chi connectivity index (χ1n) is 5.86. The number of ether oxygens (including phenoxy) is 1. The number of carbonyl (C=O) groups is 1. The quantitative estimate of drug-likeness (QED) is 0.901. The van der Waals surface area contributed by atoms with Crippen LogP contribution < -0.4 is 10.5 Å². The van der Waals surface area contributed by atoms with Crippen LogP contribution in [0, 0.1) is 6.92 Å². The zero-order valence-corrected chi connectivity index (χ0v) is 10.7. The standard InChI is InChI=1S/C14H16N2O2/c1-8(2)18-12-6-4-5-10-9(3)7-11(14(15)17)16-13(10)12/h4-8H,1-3H3,(H2,15,17). The second kappa shape index (κ2) is 4.64. The van der Waals surface area contributed by atoms with E-state index in [9.17, 15) is 4.79 Å². The fraction of sp³-hybridized carbons (Fsp3) is 0.286. The van der Waals surface area contributed by atoms with E-state index in [0.717, 1.165) is 10.9 Å². The van der Waals surface area contributed by atoms with Crippen LogP contribution in [-0.4, -0.2) is 17.0 Å². The average molecular weight is 244 g/mol. The average Bonchev–Trinajstić information content (AvgIpc) is 2.29. The molecular formula is C14H16N2O2. The normalized spacial score (nSPS) is 10.9. The predicted octanol–water partition coefficient (Wildman–Crippen LogP) is 2.43. The summed E-state index contributed by atoms with van der Waals surface area (Å²) in [6.07, 6.45) is 0.0509. The minimum atomic E-state index is -0.528. The van der Waals surface area contributed by atoms with Crippen molar-refractivity contribution in [1.82, 2.24) is 4.98 Å². The molecule has 0 unspecified atom stereocenters. The third kappa shape index (κ3) is 2.27. The molecule has 1 aromatic carbocycles. The van der Waals surface area contributed by atoms with Gasteiger partial charge in [-0.3, -0.25) is 4.79 Å². The Morgan fingerprint density at radius 3 is 2.72 bits per heavy atom. The summed E-state index contributed by atoms with van der Waals surface area (Å²) in [5.41, 5.74) is 7.19. The Kier molecular flexibility index (Phi) is 3.19. The van der Waals surface area contributed by atoms with Gasteiger partial charge in [-0.1, -0.05) is 12.1 Å². The Bertz CT molecular complexity index is 606. The molecule has 18 heavy (non-hydrogen) atoms. The minimum absolute atomic E-state index is 0.0509. The van der Waals surface area contributed by atoms with Gasteiger partial charge in [-0.25, -0.2) is 4.98 Å². The SMILES string of the molecule is Cc1cc(C(N)=O)nc2c(OC(C)C)cccc12. The highest BCUT2D eigenvalue weighted by atomic mass is 16.5. The van der Waals surface area contributed by atoms with Gasteiger partial charge in [0.25, 0.3) is 5.91 Å². The van der Waals surface area contributed by atoms with Crippen molar-refractivity contribution in [2.75, 3.05) is 0 Å². The number of primary amides is 1. The van der Waals surface area contributed by atoms with E-state index in [1.165, 1.54) is 0 Å². The summed E-state index contributed by atoms with van der Waals surface area (Å²) in [6, 6.07) is 7.41. The monoisotopic (exact) mass is 244 g/mol. The lowest BCUT2D eigenvalue weighted by molar-refractivity contribution is 0.0996. The Balaban J connectivity index is 2.69. The van der Waals surface area contributed by atoms with Gasteiger partial charge in [0.2, 0.25) is 0 Å². The molecule has 2 aromatic rings. The molecule has 0 aliphatic rings. The van der Waals surface area contributed by atoms with E-state index in [1.807, 2.05) is 39.0 Å². The van der Waals surface area contributed by atoms with Crippen LogP contribution in [0.15, 0.2) is 24.3 Å². The molecule has 0 spiro atoms. The fourth-order valence-electron chi connectivity index (χ4n) is 1.87. The van der Waals surface area contributed by atoms with Gasteiger partial charge >= 0.3 is 0 Å². The number of para-hydroxylation sites is 1. The maximum absolute atomic E-state index is 11.2. The molecule has 4 nitrogen and oxygen atoms in total. The molecule has 0 aliphatic heterocycles. The number of aryl methyl sites for hydroxylation is 1. The lowest BCUT2D eigenvalue weighted by Gasteiger charge is -2.13. The third-order valence-corrected chi connectivity index (χ3v) is 2.62. The molecule has 1 heterocycles. The highest BCUT2D eigenvalue weighted by Crippen LogP contribution is 2.27. The van der Waals surface area contributed by atoms with Gasteiger partial charge in [0, 0.05) is 5.39 Å². The summed E-state index contributed by atoms with van der Waals surface area (Å²) in [6.45, 7) is 5.82. The van der Waals surface area contributed by atoms with Crippen LogP contribution in [0.25, 0.3) is 10.9 Å². The minimum Gasteiger partial charge on any atom is -0.489 e. The van der Waals surface area contributed by atoms with Crippen molar-refractivity contribution in [3.05, 3.63) is 35.5 Å². The molecule has 0 atom stereocenters. The van der Waals surface area contributed by atoms with Crippen molar-refractivity contribution in [2.45, 2.75) is 26.9 Å². The van der Waals surface area contributed by atoms with Crippen LogP contribution in [0.4, 0.5) is 0 Å². The molecule has 0 radical (unpaired) electrons. The summed E-state index contributed by atoms with van der Waals surface area (Å²) in [5.74, 6) is 0.146. The second-order valence-corrected chi connectivity index (χ2v) is 4.51. The van der Waals surface area contributed by atoms with Gasteiger partial charge in [0.1, 0.15) is 17.0 Å². The summed E-state index contributed by atoms with van der Waals surface area (Å²) in [5, 5.41) is 0.971. The van der Waals surface area contributed by atoms with Crippen LogP contribution in [0.1, 0.15) is 29.9 Å². The maximum atomic E-state index is 11.2. The van der Waals surface area contributed by atoms with E-state index in [2.05, 4.69) is 4.98 Å². The number of aromatic nitrogens is 1. The van der Waals surface area contributed by atoms with Crippen LogP contribution in [0.5, 0.6) is 5.75 Å². The first-order valence-corrected chi connectivity index (χ1v) is 5.86. The number of benzene rings is 1. The predicted molar refractivity (Wildman–Crippen MR) is 70.8 cm³/mol. The van der Waals surface area contributed by atoms with Crippen molar-refractivity contribution in [2.24, 2.45) is 5.73 Å². The van der Waals surface area contributed by atoms with Gasteiger partial charge in [-0.05, 0) is 38.5 Å². The summed E-state index contributed by atoms with van der Waals surface area (Å²) < 4.78 is 5.70. The Hall–Kier alpha value is -2.10. The number of amides is 1. The first kappa shape index (κ1) is 12.4. The van der Waals surface area contributed by atoms with E-state index in [1.54, 1.807) is 6.07 Å². The van der Waals surface area contributed by atoms with Gasteiger partial charge in [0.15, 0.2) is 0 Å². The van der Waals surface area contributed by atoms with E-state index in [4.69, 9.17) is 10.5 Å². The Morgan fingerprint density at radius 1 is 1.39 bits per heavy atom. The van der Waals surface area contributed by atoms with Crippen molar-refractivity contribution in [1.29, 1.82) is 0 Å². The van der Waals surface area contributed by atoms with Crippen molar-refractivity contribution in [3.63, 3.8) is 0 Å². The lowest BCUT2D eigenvalue weighted by atomic mass is 10.1. The van der Waals surface area contributed by atoms with Gasteiger partial charge in [0.05, 0.1) is 6.10 Å². The first-order chi connectivity index (χ1) is 8.49. The van der Waals surface area contributed by atoms with Crippen LogP contribution in [0.2, 0.25) is 0 Å². The van der Waals surface area contributed by atoms with Gasteiger partial charge in [-0.2, -0.15) is 0 Å². The second-order valence-electron chi connectivity index (χ2n) is 4.51. The van der Waals surface area contributed by atoms with Crippen molar-refractivity contribution < 1.29 is 9.53 Å². The largest absolute Gasteiger partial charge is 0.489 e. The Labute approximate surface area is 106 Å². The molecule has 0 saturated carbocycles. The third-order valence-electron chi connectivity index (χ3n) is 2.62. The topological polar surface area (TPSA) is 65.2 Å². The molecule has 0 aliphatic carbocycles.